The molecular formula is C22H46Hg. The third kappa shape index (κ3) is 22.9. The standard InChI is InChI=1S/2C11H23.Hg/c2*1-3-5-7-9-11-10-8-6-4-2;/h2*1,3-11H2,2H3;. The zero-order valence-corrected chi connectivity index (χ0v) is 22.3. The van der Waals surface area contributed by atoms with Crippen LogP contribution in [0.4, 0.5) is 0 Å². The summed E-state index contributed by atoms with van der Waals surface area (Å²) in [6.45, 7) is 4.61. The maximum absolute atomic E-state index is 2.31. The van der Waals surface area contributed by atoms with Gasteiger partial charge in [-0.2, -0.15) is 0 Å². The fraction of sp³-hybridized carbons (Fsp3) is 1.00. The Morgan fingerprint density at radius 3 is 0.913 bits per heavy atom. The van der Waals surface area contributed by atoms with Crippen molar-refractivity contribution in [2.75, 3.05) is 0 Å². The summed E-state index contributed by atoms with van der Waals surface area (Å²) in [7, 11) is 0. The van der Waals surface area contributed by atoms with Crippen molar-refractivity contribution in [2.45, 2.75) is 137 Å². The molecule has 0 aliphatic heterocycles. The van der Waals surface area contributed by atoms with E-state index >= 15 is 0 Å². The van der Waals surface area contributed by atoms with E-state index in [0.717, 1.165) is 0 Å². The molecule has 0 atom stereocenters. The molecule has 0 unspecified atom stereocenters. The molecule has 23 heavy (non-hydrogen) atoms. The number of hydrogen-bond donors (Lipinski definition) is 0. The molecule has 0 saturated carbocycles. The first-order chi connectivity index (χ1) is 11.4. The summed E-state index contributed by atoms with van der Waals surface area (Å²) >= 11 is -0.400. The molecule has 1 heteroatoms. The molecule has 0 N–H and O–H groups in total. The molecule has 0 radical (unpaired) electrons. The van der Waals surface area contributed by atoms with Crippen LogP contribution in [0.3, 0.4) is 0 Å². The number of hydrogen-bond acceptors (Lipinski definition) is 0. The van der Waals surface area contributed by atoms with E-state index in [9.17, 15) is 0 Å². The van der Waals surface area contributed by atoms with Crippen LogP contribution in [-0.4, -0.2) is 0 Å². The van der Waals surface area contributed by atoms with Crippen molar-refractivity contribution in [3.63, 3.8) is 0 Å². The van der Waals surface area contributed by atoms with Crippen molar-refractivity contribution in [1.29, 1.82) is 0 Å². The predicted octanol–water partition coefficient (Wildman–Crippen LogP) is 8.97. The van der Waals surface area contributed by atoms with E-state index in [1.54, 1.807) is 33.5 Å². The Hall–Kier alpha value is 0.935. The van der Waals surface area contributed by atoms with Crippen LogP contribution < -0.4 is 0 Å². The van der Waals surface area contributed by atoms with Crippen LogP contribution in [0.5, 0.6) is 0 Å². The van der Waals surface area contributed by atoms with Gasteiger partial charge >= 0.3 is 162 Å². The zero-order chi connectivity index (χ0) is 16.8. The van der Waals surface area contributed by atoms with E-state index < -0.39 is 24.6 Å². The monoisotopic (exact) mass is 512 g/mol. The summed E-state index contributed by atoms with van der Waals surface area (Å²) in [5, 5.41) is 0. The van der Waals surface area contributed by atoms with Crippen LogP contribution in [0.25, 0.3) is 0 Å². The first-order valence-corrected chi connectivity index (χ1v) is 19.2. The molecule has 0 aromatic heterocycles. The van der Waals surface area contributed by atoms with Crippen molar-refractivity contribution >= 4 is 0 Å². The summed E-state index contributed by atoms with van der Waals surface area (Å²) in [4.78, 5) is 0. The van der Waals surface area contributed by atoms with Crippen molar-refractivity contribution in [1.82, 2.24) is 0 Å². The summed E-state index contributed by atoms with van der Waals surface area (Å²) in [5.74, 6) is 0. The normalized spacial score (nSPS) is 10.9. The maximum atomic E-state index is 2.31. The Balaban J connectivity index is 2.92. The molecule has 0 spiro atoms. The van der Waals surface area contributed by atoms with Gasteiger partial charge in [0, 0.05) is 0 Å². The first-order valence-electron chi connectivity index (χ1n) is 11.4. The quantitative estimate of drug-likeness (QED) is 0.113. The van der Waals surface area contributed by atoms with Gasteiger partial charge in [-0.15, -0.1) is 0 Å². The summed E-state index contributed by atoms with van der Waals surface area (Å²) in [5.41, 5.74) is 0. The third-order valence-corrected chi connectivity index (χ3v) is 13.0. The molecule has 0 nitrogen and oxygen atoms in total. The first kappa shape index (κ1) is 23.9. The molecule has 136 valence electrons. The van der Waals surface area contributed by atoms with Crippen LogP contribution in [0.1, 0.15) is 129 Å². The van der Waals surface area contributed by atoms with Crippen LogP contribution >= 0.6 is 0 Å². The molecule has 0 saturated heterocycles. The number of unbranched alkanes of at least 4 members (excludes halogenated alkanes) is 16. The van der Waals surface area contributed by atoms with Gasteiger partial charge in [0.2, 0.25) is 0 Å². The van der Waals surface area contributed by atoms with Crippen LogP contribution in [-0.2, 0) is 24.6 Å². The molecule has 0 aromatic carbocycles. The molecule has 0 aliphatic carbocycles. The van der Waals surface area contributed by atoms with Gasteiger partial charge in [-0.25, -0.2) is 0 Å². The molecule has 0 amide bonds. The fourth-order valence-electron chi connectivity index (χ4n) is 3.51. The van der Waals surface area contributed by atoms with E-state index in [2.05, 4.69) is 13.8 Å². The summed E-state index contributed by atoms with van der Waals surface area (Å²) in [6.07, 6.45) is 27.0. The topological polar surface area (TPSA) is 0 Å². The van der Waals surface area contributed by atoms with Gasteiger partial charge in [0.1, 0.15) is 0 Å². The van der Waals surface area contributed by atoms with Crippen LogP contribution in [0, 0.1) is 0 Å². The second kappa shape index (κ2) is 22.9. The van der Waals surface area contributed by atoms with Gasteiger partial charge in [-0.1, -0.05) is 0 Å². The third-order valence-electron chi connectivity index (χ3n) is 5.21. The van der Waals surface area contributed by atoms with Crippen molar-refractivity contribution < 1.29 is 24.6 Å². The molecule has 0 aliphatic rings. The van der Waals surface area contributed by atoms with Crippen LogP contribution in [0.2, 0.25) is 7.86 Å². The average molecular weight is 511 g/mol. The van der Waals surface area contributed by atoms with Crippen molar-refractivity contribution in [3.05, 3.63) is 0 Å². The zero-order valence-electron chi connectivity index (χ0n) is 16.8. The molecule has 0 heterocycles. The van der Waals surface area contributed by atoms with E-state index in [4.69, 9.17) is 0 Å². The van der Waals surface area contributed by atoms with Gasteiger partial charge in [0.05, 0.1) is 0 Å². The Morgan fingerprint density at radius 1 is 0.348 bits per heavy atom. The Bertz CT molecular complexity index is 170. The van der Waals surface area contributed by atoms with Crippen molar-refractivity contribution in [3.8, 4) is 0 Å². The van der Waals surface area contributed by atoms with E-state index in [-0.39, 0.29) is 0 Å². The number of rotatable bonds is 20. The second-order valence-corrected chi connectivity index (χ2v) is 16.0. The van der Waals surface area contributed by atoms with Gasteiger partial charge in [0.25, 0.3) is 0 Å². The van der Waals surface area contributed by atoms with Gasteiger partial charge < -0.3 is 0 Å². The van der Waals surface area contributed by atoms with E-state index in [1.165, 1.54) is 89.9 Å². The molecule has 0 rings (SSSR count). The molecule has 0 aromatic rings. The molecule has 0 fully saturated rings. The van der Waals surface area contributed by atoms with E-state index in [1.807, 2.05) is 0 Å². The van der Waals surface area contributed by atoms with Gasteiger partial charge in [-0.3, -0.25) is 0 Å². The Kier molecular flexibility index (Phi) is 23.9. The minimum atomic E-state index is -0.400. The Labute approximate surface area is 161 Å². The molecule has 0 bridgehead atoms. The second-order valence-electron chi connectivity index (χ2n) is 7.72. The van der Waals surface area contributed by atoms with Gasteiger partial charge in [-0.05, 0) is 0 Å². The van der Waals surface area contributed by atoms with Crippen LogP contribution in [0.15, 0.2) is 0 Å². The Morgan fingerprint density at radius 2 is 0.609 bits per heavy atom. The minimum absolute atomic E-state index is 0.400. The molecular weight excluding hydrogens is 465 g/mol. The average Bonchev–Trinajstić information content (AvgIpc) is 2.57. The fourth-order valence-corrected chi connectivity index (χ4v) is 10.4. The van der Waals surface area contributed by atoms with Crippen molar-refractivity contribution in [2.24, 2.45) is 0 Å². The van der Waals surface area contributed by atoms with Gasteiger partial charge in [0.15, 0.2) is 0 Å². The summed E-state index contributed by atoms with van der Waals surface area (Å²) < 4.78 is 3.43. The van der Waals surface area contributed by atoms with E-state index in [0.29, 0.717) is 0 Å². The predicted molar refractivity (Wildman–Crippen MR) is 104 cm³/mol. The summed E-state index contributed by atoms with van der Waals surface area (Å²) in [6, 6.07) is 0. The SMILES string of the molecule is CCCCCCCCCC[CH2][Hg][CH2]CCCCCCCCCC.